The van der Waals surface area contributed by atoms with Crippen LogP contribution in [0.4, 0.5) is 5.13 Å². The summed E-state index contributed by atoms with van der Waals surface area (Å²) in [6.45, 7) is 1.51. The first-order chi connectivity index (χ1) is 13.6. The van der Waals surface area contributed by atoms with E-state index in [1.807, 2.05) is 0 Å². The molecule has 3 rings (SSSR count). The van der Waals surface area contributed by atoms with Crippen LogP contribution in [0, 0.1) is 0 Å². The van der Waals surface area contributed by atoms with Crippen LogP contribution in [0.15, 0.2) is 52.3 Å². The Kier molecular flexibility index (Phi) is 5.77. The fourth-order valence-corrected chi connectivity index (χ4v) is 5.57. The lowest BCUT2D eigenvalue weighted by Crippen LogP contribution is -2.22. The van der Waals surface area contributed by atoms with Crippen LogP contribution >= 0.6 is 11.3 Å². The second kappa shape index (κ2) is 7.82. The van der Waals surface area contributed by atoms with E-state index in [0.29, 0.717) is 10.2 Å². The van der Waals surface area contributed by atoms with E-state index in [1.54, 1.807) is 18.2 Å². The highest BCUT2D eigenvalue weighted by atomic mass is 32.2. The lowest BCUT2D eigenvalue weighted by molar-refractivity contribution is 0.102. The summed E-state index contributed by atoms with van der Waals surface area (Å²) in [4.78, 5) is 17.0. The summed E-state index contributed by atoms with van der Waals surface area (Å²) < 4.78 is 50.8. The lowest BCUT2D eigenvalue weighted by atomic mass is 10.2. The van der Waals surface area contributed by atoms with Crippen LogP contribution in [0.2, 0.25) is 0 Å². The molecule has 0 bridgehead atoms. The number of carbonyl (C=O) groups excluding carboxylic acids is 1. The Hall–Kier alpha value is -2.34. The van der Waals surface area contributed by atoms with Crippen molar-refractivity contribution in [3.63, 3.8) is 0 Å². The van der Waals surface area contributed by atoms with Crippen molar-refractivity contribution in [3.05, 3.63) is 48.0 Å². The molecule has 0 saturated heterocycles. The highest BCUT2D eigenvalue weighted by Crippen LogP contribution is 2.29. The summed E-state index contributed by atoms with van der Waals surface area (Å²) >= 11 is 1.11. The third-order valence-corrected chi connectivity index (χ3v) is 8.74. The molecule has 154 valence electrons. The van der Waals surface area contributed by atoms with E-state index in [0.717, 1.165) is 15.6 Å². The molecule has 0 aliphatic heterocycles. The van der Waals surface area contributed by atoms with Gasteiger partial charge in [-0.2, -0.15) is 0 Å². The second-order valence-corrected chi connectivity index (χ2v) is 11.7. The molecule has 0 saturated carbocycles. The Bertz CT molecular complexity index is 1300. The first-order valence-corrected chi connectivity index (χ1v) is 12.4. The van der Waals surface area contributed by atoms with Crippen molar-refractivity contribution in [1.29, 1.82) is 0 Å². The number of benzene rings is 2. The Labute approximate surface area is 173 Å². The number of carbonyl (C=O) groups is 1. The molecule has 0 radical (unpaired) electrons. The van der Waals surface area contributed by atoms with Crippen LogP contribution in [0.1, 0.15) is 17.3 Å². The molecule has 0 fully saturated rings. The van der Waals surface area contributed by atoms with Crippen molar-refractivity contribution in [2.24, 2.45) is 0 Å². The summed E-state index contributed by atoms with van der Waals surface area (Å²) in [7, 11) is -4.27. The van der Waals surface area contributed by atoms with Gasteiger partial charge in [-0.05, 0) is 30.3 Å². The molecule has 11 heteroatoms. The second-order valence-electron chi connectivity index (χ2n) is 6.29. The molecule has 1 aromatic heterocycles. The topological polar surface area (TPSA) is 114 Å². The Morgan fingerprint density at radius 3 is 2.45 bits per heavy atom. The number of anilines is 1. The van der Waals surface area contributed by atoms with Crippen molar-refractivity contribution in [1.82, 2.24) is 9.29 Å². The minimum atomic E-state index is -3.59. The number of hydrogen-bond acceptors (Lipinski definition) is 7. The average molecular weight is 454 g/mol. The standard InChI is InChI=1S/C18H19N3O5S3/c1-4-28(23,24)16-8-6-5-7-13(16)17(22)20-18-19-14-10-9-12(11-15(14)27-18)29(25,26)21(2)3/h5-11H,4H2,1-3H3,(H,19,20,22). The fourth-order valence-electron chi connectivity index (χ4n) is 2.58. The summed E-state index contributed by atoms with van der Waals surface area (Å²) in [6, 6.07) is 10.5. The highest BCUT2D eigenvalue weighted by molar-refractivity contribution is 7.91. The molecule has 0 atom stereocenters. The fraction of sp³-hybridized carbons (Fsp3) is 0.222. The third-order valence-electron chi connectivity index (χ3n) is 4.21. The normalized spacial score (nSPS) is 12.4. The first kappa shape index (κ1) is 21.4. The van der Waals surface area contributed by atoms with E-state index in [2.05, 4.69) is 10.3 Å². The molecule has 1 heterocycles. The van der Waals surface area contributed by atoms with E-state index in [-0.39, 0.29) is 26.2 Å². The SMILES string of the molecule is CCS(=O)(=O)c1ccccc1C(=O)Nc1nc2ccc(S(=O)(=O)N(C)C)cc2s1. The third kappa shape index (κ3) is 4.17. The molecule has 29 heavy (non-hydrogen) atoms. The largest absolute Gasteiger partial charge is 0.298 e. The van der Waals surface area contributed by atoms with E-state index >= 15 is 0 Å². The molecule has 0 unspecified atom stereocenters. The summed E-state index contributed by atoms with van der Waals surface area (Å²) in [5.74, 6) is -0.723. The van der Waals surface area contributed by atoms with Gasteiger partial charge >= 0.3 is 0 Å². The predicted molar refractivity (Wildman–Crippen MR) is 113 cm³/mol. The van der Waals surface area contributed by atoms with Crippen molar-refractivity contribution >= 4 is 52.5 Å². The number of nitrogens with one attached hydrogen (secondary N) is 1. The molecule has 1 N–H and O–H groups in total. The van der Waals surface area contributed by atoms with Crippen LogP contribution < -0.4 is 5.32 Å². The van der Waals surface area contributed by atoms with Gasteiger partial charge in [0.15, 0.2) is 15.0 Å². The van der Waals surface area contributed by atoms with Crippen LogP contribution in [0.3, 0.4) is 0 Å². The zero-order valence-electron chi connectivity index (χ0n) is 15.9. The Morgan fingerprint density at radius 2 is 1.79 bits per heavy atom. The number of amides is 1. The zero-order chi connectivity index (χ0) is 21.4. The molecular weight excluding hydrogens is 434 g/mol. The molecule has 0 spiro atoms. The van der Waals surface area contributed by atoms with Gasteiger partial charge in [0.2, 0.25) is 10.0 Å². The Balaban J connectivity index is 1.95. The maximum Gasteiger partial charge on any atom is 0.258 e. The van der Waals surface area contributed by atoms with E-state index < -0.39 is 25.8 Å². The van der Waals surface area contributed by atoms with Crippen LogP contribution in [-0.4, -0.2) is 51.9 Å². The van der Waals surface area contributed by atoms with Crippen molar-refractivity contribution < 1.29 is 21.6 Å². The van der Waals surface area contributed by atoms with Crippen LogP contribution in [0.25, 0.3) is 10.2 Å². The van der Waals surface area contributed by atoms with Crippen molar-refractivity contribution in [2.75, 3.05) is 25.2 Å². The number of thiazole rings is 1. The van der Waals surface area contributed by atoms with Crippen molar-refractivity contribution in [2.45, 2.75) is 16.7 Å². The number of nitrogens with zero attached hydrogens (tertiary/aromatic N) is 2. The monoisotopic (exact) mass is 453 g/mol. The molecule has 0 aliphatic rings. The van der Waals surface area contributed by atoms with Crippen LogP contribution in [-0.2, 0) is 19.9 Å². The van der Waals surface area contributed by atoms with Gasteiger partial charge in [-0.1, -0.05) is 30.4 Å². The lowest BCUT2D eigenvalue weighted by Gasteiger charge is -2.10. The molecule has 3 aromatic rings. The maximum atomic E-state index is 12.7. The van der Waals surface area contributed by atoms with Gasteiger partial charge in [0.05, 0.1) is 31.3 Å². The van der Waals surface area contributed by atoms with Gasteiger partial charge in [0.1, 0.15) is 0 Å². The first-order valence-electron chi connectivity index (χ1n) is 8.52. The number of aromatic nitrogens is 1. The van der Waals surface area contributed by atoms with Crippen molar-refractivity contribution in [3.8, 4) is 0 Å². The zero-order valence-corrected chi connectivity index (χ0v) is 18.4. The average Bonchev–Trinajstić information content (AvgIpc) is 3.09. The molecule has 1 amide bonds. The molecular formula is C18H19N3O5S3. The van der Waals surface area contributed by atoms with Gasteiger partial charge < -0.3 is 0 Å². The van der Waals surface area contributed by atoms with Gasteiger partial charge in [0.25, 0.3) is 5.91 Å². The highest BCUT2D eigenvalue weighted by Gasteiger charge is 2.22. The molecule has 0 aliphatic carbocycles. The van der Waals surface area contributed by atoms with Crippen LogP contribution in [0.5, 0.6) is 0 Å². The smallest absolute Gasteiger partial charge is 0.258 e. The number of sulfone groups is 1. The predicted octanol–water partition coefficient (Wildman–Crippen LogP) is 2.59. The maximum absolute atomic E-state index is 12.7. The number of fused-ring (bicyclic) bond motifs is 1. The van der Waals surface area contributed by atoms with E-state index in [4.69, 9.17) is 0 Å². The summed E-state index contributed by atoms with van der Waals surface area (Å²) in [5, 5.41) is 2.85. The van der Waals surface area contributed by atoms with Gasteiger partial charge in [-0.3, -0.25) is 10.1 Å². The van der Waals surface area contributed by atoms with Gasteiger partial charge in [-0.15, -0.1) is 0 Å². The van der Waals surface area contributed by atoms with E-state index in [1.165, 1.54) is 45.3 Å². The quantitative estimate of drug-likeness (QED) is 0.614. The summed E-state index contributed by atoms with van der Waals surface area (Å²) in [6.07, 6.45) is 0. The van der Waals surface area contributed by atoms with Gasteiger partial charge in [-0.25, -0.2) is 26.1 Å². The van der Waals surface area contributed by atoms with Gasteiger partial charge in [0, 0.05) is 14.1 Å². The minimum Gasteiger partial charge on any atom is -0.298 e. The molecule has 2 aromatic carbocycles. The summed E-state index contributed by atoms with van der Waals surface area (Å²) in [5.41, 5.74) is 0.557. The Morgan fingerprint density at radius 1 is 1.10 bits per heavy atom. The molecule has 8 nitrogen and oxygen atoms in total. The minimum absolute atomic E-state index is 0.0319. The van der Waals surface area contributed by atoms with E-state index in [9.17, 15) is 21.6 Å². The number of rotatable bonds is 6. The number of sulfonamides is 1. The number of hydrogen-bond donors (Lipinski definition) is 1.